The molecule has 2 unspecified atom stereocenters. The highest BCUT2D eigenvalue weighted by Crippen LogP contribution is 2.15. The zero-order chi connectivity index (χ0) is 11.5. The van der Waals surface area contributed by atoms with Gasteiger partial charge in [0, 0.05) is 37.6 Å². The van der Waals surface area contributed by atoms with Crippen LogP contribution in [0.15, 0.2) is 12.4 Å². The molecule has 1 aromatic heterocycles. The van der Waals surface area contributed by atoms with Crippen LogP contribution in [0.4, 0.5) is 0 Å². The Morgan fingerprint density at radius 3 is 3.00 bits per heavy atom. The van der Waals surface area contributed by atoms with E-state index in [1.807, 2.05) is 13.2 Å². The van der Waals surface area contributed by atoms with Gasteiger partial charge in [-0.25, -0.2) is 4.98 Å². The first kappa shape index (κ1) is 11.6. The lowest BCUT2D eigenvalue weighted by Crippen LogP contribution is -2.42. The van der Waals surface area contributed by atoms with Gasteiger partial charge in [-0.1, -0.05) is 0 Å². The SMILES string of the molecule is CNC(C)CC(C)N1CCn2ccnc2C1. The molecule has 0 saturated carbocycles. The number of hydrogen-bond acceptors (Lipinski definition) is 3. The Morgan fingerprint density at radius 1 is 1.44 bits per heavy atom. The van der Waals surface area contributed by atoms with Crippen LogP contribution in [0, 0.1) is 0 Å². The van der Waals surface area contributed by atoms with Gasteiger partial charge in [0.2, 0.25) is 0 Å². The standard InChI is InChI=1S/C12H22N4/c1-10(13-3)8-11(2)16-7-6-15-5-4-14-12(15)9-16/h4-5,10-11,13H,6-9H2,1-3H3. The Morgan fingerprint density at radius 2 is 2.25 bits per heavy atom. The van der Waals surface area contributed by atoms with Crippen molar-refractivity contribution in [2.45, 2.75) is 45.4 Å². The Kier molecular flexibility index (Phi) is 3.61. The third-order valence-electron chi connectivity index (χ3n) is 3.59. The Bertz CT molecular complexity index is 334. The molecule has 2 atom stereocenters. The van der Waals surface area contributed by atoms with Crippen LogP contribution in [-0.2, 0) is 13.1 Å². The van der Waals surface area contributed by atoms with Gasteiger partial charge in [-0.15, -0.1) is 0 Å². The summed E-state index contributed by atoms with van der Waals surface area (Å²) >= 11 is 0. The fraction of sp³-hybridized carbons (Fsp3) is 0.750. The molecule has 2 heterocycles. The molecule has 4 heteroatoms. The summed E-state index contributed by atoms with van der Waals surface area (Å²) in [5, 5.41) is 3.30. The molecule has 0 bridgehead atoms. The Hall–Kier alpha value is -0.870. The molecule has 1 N–H and O–H groups in total. The van der Waals surface area contributed by atoms with Gasteiger partial charge in [0.1, 0.15) is 5.82 Å². The van der Waals surface area contributed by atoms with Crippen LogP contribution in [-0.4, -0.2) is 40.1 Å². The van der Waals surface area contributed by atoms with Crippen molar-refractivity contribution in [3.63, 3.8) is 0 Å². The normalized spacial score (nSPS) is 20.4. The topological polar surface area (TPSA) is 33.1 Å². The summed E-state index contributed by atoms with van der Waals surface area (Å²) in [4.78, 5) is 6.92. The first-order chi connectivity index (χ1) is 7.70. The van der Waals surface area contributed by atoms with E-state index < -0.39 is 0 Å². The second-order valence-electron chi connectivity index (χ2n) is 4.78. The summed E-state index contributed by atoms with van der Waals surface area (Å²) < 4.78 is 2.25. The zero-order valence-corrected chi connectivity index (χ0v) is 10.5. The van der Waals surface area contributed by atoms with E-state index in [9.17, 15) is 0 Å². The zero-order valence-electron chi connectivity index (χ0n) is 10.5. The third kappa shape index (κ3) is 2.44. The van der Waals surface area contributed by atoms with Crippen LogP contribution >= 0.6 is 0 Å². The van der Waals surface area contributed by atoms with Gasteiger partial charge >= 0.3 is 0 Å². The van der Waals surface area contributed by atoms with Crippen LogP contribution in [0.1, 0.15) is 26.1 Å². The minimum Gasteiger partial charge on any atom is -0.333 e. The predicted octanol–water partition coefficient (Wildman–Crippen LogP) is 1.09. The highest BCUT2D eigenvalue weighted by Gasteiger charge is 2.21. The van der Waals surface area contributed by atoms with Gasteiger partial charge in [-0.05, 0) is 27.3 Å². The molecule has 2 rings (SSSR count). The second kappa shape index (κ2) is 4.97. The van der Waals surface area contributed by atoms with Gasteiger partial charge in [0.05, 0.1) is 6.54 Å². The van der Waals surface area contributed by atoms with E-state index >= 15 is 0 Å². The van der Waals surface area contributed by atoms with E-state index in [1.165, 1.54) is 12.2 Å². The lowest BCUT2D eigenvalue weighted by atomic mass is 10.1. The summed E-state index contributed by atoms with van der Waals surface area (Å²) in [7, 11) is 2.03. The highest BCUT2D eigenvalue weighted by atomic mass is 15.2. The molecule has 0 amide bonds. The fourth-order valence-electron chi connectivity index (χ4n) is 2.35. The van der Waals surface area contributed by atoms with E-state index in [-0.39, 0.29) is 0 Å². The maximum absolute atomic E-state index is 4.39. The summed E-state index contributed by atoms with van der Waals surface area (Å²) in [5.74, 6) is 1.20. The Labute approximate surface area is 97.7 Å². The molecule has 4 nitrogen and oxygen atoms in total. The number of hydrogen-bond donors (Lipinski definition) is 1. The van der Waals surface area contributed by atoms with Crippen molar-refractivity contribution >= 4 is 0 Å². The van der Waals surface area contributed by atoms with E-state index in [1.54, 1.807) is 0 Å². The van der Waals surface area contributed by atoms with Crippen LogP contribution < -0.4 is 5.32 Å². The molecule has 0 aromatic carbocycles. The average Bonchev–Trinajstić information content (AvgIpc) is 2.75. The number of rotatable bonds is 4. The molecule has 1 aliphatic heterocycles. The molecule has 0 saturated heterocycles. The number of nitrogens with one attached hydrogen (secondary N) is 1. The molecule has 0 fully saturated rings. The van der Waals surface area contributed by atoms with Gasteiger partial charge in [-0.2, -0.15) is 0 Å². The van der Waals surface area contributed by atoms with Gasteiger partial charge in [0.15, 0.2) is 0 Å². The molecular formula is C12H22N4. The fourth-order valence-corrected chi connectivity index (χ4v) is 2.35. The van der Waals surface area contributed by atoms with Crippen LogP contribution in [0.5, 0.6) is 0 Å². The summed E-state index contributed by atoms with van der Waals surface area (Å²) in [6.07, 6.45) is 5.17. The summed E-state index contributed by atoms with van der Waals surface area (Å²) in [5.41, 5.74) is 0. The largest absolute Gasteiger partial charge is 0.333 e. The Balaban J connectivity index is 1.93. The average molecular weight is 222 g/mol. The first-order valence-electron chi connectivity index (χ1n) is 6.12. The number of nitrogens with zero attached hydrogens (tertiary/aromatic N) is 3. The smallest absolute Gasteiger partial charge is 0.122 e. The maximum Gasteiger partial charge on any atom is 0.122 e. The number of aromatic nitrogens is 2. The second-order valence-corrected chi connectivity index (χ2v) is 4.78. The maximum atomic E-state index is 4.39. The van der Waals surface area contributed by atoms with Gasteiger partial charge < -0.3 is 9.88 Å². The molecule has 16 heavy (non-hydrogen) atoms. The molecule has 90 valence electrons. The van der Waals surface area contributed by atoms with Crippen molar-refractivity contribution in [2.24, 2.45) is 0 Å². The number of imidazole rings is 1. The summed E-state index contributed by atoms with van der Waals surface area (Å²) in [6, 6.07) is 1.20. The third-order valence-corrected chi connectivity index (χ3v) is 3.59. The number of fused-ring (bicyclic) bond motifs is 1. The van der Waals surface area contributed by atoms with Crippen molar-refractivity contribution in [2.75, 3.05) is 13.6 Å². The molecule has 1 aromatic rings. The first-order valence-corrected chi connectivity index (χ1v) is 6.12. The van der Waals surface area contributed by atoms with Crippen molar-refractivity contribution in [1.82, 2.24) is 19.8 Å². The molecule has 1 aliphatic rings. The molecule has 0 aliphatic carbocycles. The summed E-state index contributed by atoms with van der Waals surface area (Å²) in [6.45, 7) is 7.76. The van der Waals surface area contributed by atoms with Gasteiger partial charge in [0.25, 0.3) is 0 Å². The van der Waals surface area contributed by atoms with Crippen molar-refractivity contribution in [3.8, 4) is 0 Å². The minimum atomic E-state index is 0.580. The molecule has 0 spiro atoms. The molecule has 0 radical (unpaired) electrons. The quantitative estimate of drug-likeness (QED) is 0.827. The van der Waals surface area contributed by atoms with Crippen molar-refractivity contribution < 1.29 is 0 Å². The van der Waals surface area contributed by atoms with Gasteiger partial charge in [-0.3, -0.25) is 4.90 Å². The van der Waals surface area contributed by atoms with Crippen molar-refractivity contribution in [1.29, 1.82) is 0 Å². The van der Waals surface area contributed by atoms with Crippen LogP contribution in [0.2, 0.25) is 0 Å². The monoisotopic (exact) mass is 222 g/mol. The molecular weight excluding hydrogens is 200 g/mol. The lowest BCUT2D eigenvalue weighted by Gasteiger charge is -2.34. The van der Waals surface area contributed by atoms with E-state index in [0.717, 1.165) is 19.6 Å². The van der Waals surface area contributed by atoms with E-state index in [0.29, 0.717) is 12.1 Å². The minimum absolute atomic E-state index is 0.580. The van der Waals surface area contributed by atoms with Crippen LogP contribution in [0.3, 0.4) is 0 Å². The van der Waals surface area contributed by atoms with Crippen LogP contribution in [0.25, 0.3) is 0 Å². The highest BCUT2D eigenvalue weighted by molar-refractivity contribution is 4.96. The predicted molar refractivity (Wildman–Crippen MR) is 65.2 cm³/mol. The van der Waals surface area contributed by atoms with E-state index in [2.05, 4.69) is 39.8 Å². The lowest BCUT2D eigenvalue weighted by molar-refractivity contribution is 0.148. The van der Waals surface area contributed by atoms with E-state index in [4.69, 9.17) is 0 Å². The van der Waals surface area contributed by atoms with Crippen molar-refractivity contribution in [3.05, 3.63) is 18.2 Å².